The smallest absolute Gasteiger partial charge is 0.0460 e. The number of hydrogen-bond donors (Lipinski definition) is 4. The Morgan fingerprint density at radius 1 is 1.00 bits per heavy atom. The fourth-order valence-corrected chi connectivity index (χ4v) is 6.31. The lowest BCUT2D eigenvalue weighted by molar-refractivity contribution is 0.327. The number of anilines is 3. The van der Waals surface area contributed by atoms with Gasteiger partial charge in [-0.3, -0.25) is 0 Å². The molecule has 1 aliphatic carbocycles. The minimum absolute atomic E-state index is 0.582. The molecule has 0 radical (unpaired) electrons. The van der Waals surface area contributed by atoms with Crippen LogP contribution < -0.4 is 20.9 Å². The van der Waals surface area contributed by atoms with E-state index in [9.17, 15) is 0 Å². The van der Waals surface area contributed by atoms with Gasteiger partial charge in [-0.15, -0.1) is 0 Å². The van der Waals surface area contributed by atoms with Crippen LogP contribution in [0.1, 0.15) is 42.0 Å². The maximum Gasteiger partial charge on any atom is 0.0460 e. The summed E-state index contributed by atoms with van der Waals surface area (Å²) in [5.74, 6) is 1.48. The summed E-state index contributed by atoms with van der Waals surface area (Å²) >= 11 is 0. The van der Waals surface area contributed by atoms with E-state index in [0.29, 0.717) is 12.0 Å². The fourth-order valence-electron chi connectivity index (χ4n) is 6.31. The summed E-state index contributed by atoms with van der Waals surface area (Å²) in [6, 6.07) is 14.4. The second kappa shape index (κ2) is 8.13. The Kier molecular flexibility index (Phi) is 5.11. The molecular weight excluding hydrogens is 394 g/mol. The Morgan fingerprint density at radius 3 is 2.66 bits per heavy atom. The molecule has 1 saturated heterocycles. The average Bonchev–Trinajstić information content (AvgIpc) is 3.36. The number of aromatic amines is 1. The molecule has 2 atom stereocenters. The summed E-state index contributed by atoms with van der Waals surface area (Å²) in [7, 11) is 4.33. The SMILES string of the molecule is CNC1CCc2[nH]c3ccc(Nc4ccc5c(c4)N(C)CC5C4CCNCC4)cc3c2C1. The van der Waals surface area contributed by atoms with E-state index in [-0.39, 0.29) is 0 Å². The maximum atomic E-state index is 3.70. The molecule has 2 unspecified atom stereocenters. The first-order valence-electron chi connectivity index (χ1n) is 12.3. The number of likely N-dealkylation sites (N-methyl/N-ethyl adjacent to an activating group) is 2. The third-order valence-electron chi connectivity index (χ3n) is 8.15. The van der Waals surface area contributed by atoms with Crippen molar-refractivity contribution in [3.05, 3.63) is 53.2 Å². The minimum atomic E-state index is 0.582. The number of aromatic nitrogens is 1. The molecule has 5 nitrogen and oxygen atoms in total. The van der Waals surface area contributed by atoms with Gasteiger partial charge in [-0.05, 0) is 99.6 Å². The Balaban J connectivity index is 1.26. The summed E-state index contributed by atoms with van der Waals surface area (Å²) in [6.45, 7) is 3.48. The van der Waals surface area contributed by atoms with Crippen molar-refractivity contribution in [1.82, 2.24) is 15.6 Å². The Bertz CT molecular complexity index is 1130. The van der Waals surface area contributed by atoms with E-state index in [0.717, 1.165) is 25.3 Å². The number of aryl methyl sites for hydroxylation is 1. The van der Waals surface area contributed by atoms with Gasteiger partial charge in [0.2, 0.25) is 0 Å². The van der Waals surface area contributed by atoms with E-state index >= 15 is 0 Å². The summed E-state index contributed by atoms with van der Waals surface area (Å²) in [4.78, 5) is 6.12. The summed E-state index contributed by atoms with van der Waals surface area (Å²) < 4.78 is 0. The molecule has 0 amide bonds. The Hall–Kier alpha value is -2.50. The molecule has 4 N–H and O–H groups in total. The summed E-state index contributed by atoms with van der Waals surface area (Å²) in [6.07, 6.45) is 6.05. The number of nitrogens with one attached hydrogen (secondary N) is 4. The highest BCUT2D eigenvalue weighted by molar-refractivity contribution is 5.89. The Labute approximate surface area is 191 Å². The van der Waals surface area contributed by atoms with Crippen molar-refractivity contribution in [2.24, 2.45) is 5.92 Å². The van der Waals surface area contributed by atoms with Crippen LogP contribution in [0.5, 0.6) is 0 Å². The van der Waals surface area contributed by atoms with Crippen LogP contribution in [0.25, 0.3) is 10.9 Å². The second-order valence-corrected chi connectivity index (χ2v) is 10.0. The van der Waals surface area contributed by atoms with Gasteiger partial charge in [0.05, 0.1) is 0 Å². The number of H-pyrrole nitrogens is 1. The first-order valence-corrected chi connectivity index (χ1v) is 12.3. The van der Waals surface area contributed by atoms with Crippen molar-refractivity contribution >= 4 is 28.0 Å². The zero-order chi connectivity index (χ0) is 21.7. The van der Waals surface area contributed by atoms with E-state index in [1.54, 1.807) is 5.56 Å². The van der Waals surface area contributed by atoms with E-state index in [4.69, 9.17) is 0 Å². The molecule has 6 rings (SSSR count). The zero-order valence-corrected chi connectivity index (χ0v) is 19.3. The molecule has 5 heteroatoms. The van der Waals surface area contributed by atoms with E-state index in [1.807, 2.05) is 0 Å². The number of benzene rings is 2. The van der Waals surface area contributed by atoms with Gasteiger partial charge >= 0.3 is 0 Å². The molecule has 0 bridgehead atoms. The topological polar surface area (TPSA) is 55.1 Å². The highest BCUT2D eigenvalue weighted by Crippen LogP contribution is 2.43. The largest absolute Gasteiger partial charge is 0.374 e. The van der Waals surface area contributed by atoms with Gasteiger partial charge in [-0.2, -0.15) is 0 Å². The number of piperidine rings is 1. The average molecular weight is 430 g/mol. The summed E-state index contributed by atoms with van der Waals surface area (Å²) in [5, 5.41) is 12.1. The molecule has 3 aliphatic rings. The molecule has 0 saturated carbocycles. The van der Waals surface area contributed by atoms with Crippen molar-refractivity contribution in [2.75, 3.05) is 43.9 Å². The molecule has 3 aromatic rings. The van der Waals surface area contributed by atoms with Gasteiger partial charge in [0.15, 0.2) is 0 Å². The van der Waals surface area contributed by atoms with Crippen LogP contribution in [0.15, 0.2) is 36.4 Å². The maximum absolute atomic E-state index is 3.70. The van der Waals surface area contributed by atoms with Crippen LogP contribution >= 0.6 is 0 Å². The molecule has 2 aliphatic heterocycles. The van der Waals surface area contributed by atoms with Crippen LogP contribution in [0.3, 0.4) is 0 Å². The minimum Gasteiger partial charge on any atom is -0.374 e. The standard InChI is InChI=1S/C27H35N5/c1-28-18-4-7-25-22(13-18)23-14-19(5-8-26(23)31-25)30-20-3-6-21-24(16-32(2)27(21)15-20)17-9-11-29-12-10-17/h3,5-6,8,14-15,17-18,24,28-31H,4,7,9-13,16H2,1-2H3. The van der Waals surface area contributed by atoms with Gasteiger partial charge in [0, 0.05) is 59.2 Å². The zero-order valence-electron chi connectivity index (χ0n) is 19.3. The van der Waals surface area contributed by atoms with E-state index in [1.165, 1.54) is 71.6 Å². The van der Waals surface area contributed by atoms with E-state index in [2.05, 4.69) is 76.3 Å². The van der Waals surface area contributed by atoms with E-state index < -0.39 is 0 Å². The molecule has 2 aromatic carbocycles. The number of fused-ring (bicyclic) bond motifs is 4. The molecule has 0 spiro atoms. The quantitative estimate of drug-likeness (QED) is 0.493. The molecule has 168 valence electrons. The number of hydrogen-bond acceptors (Lipinski definition) is 4. The van der Waals surface area contributed by atoms with Gasteiger partial charge in [0.25, 0.3) is 0 Å². The highest BCUT2D eigenvalue weighted by atomic mass is 15.1. The van der Waals surface area contributed by atoms with Gasteiger partial charge in [0.1, 0.15) is 0 Å². The summed E-state index contributed by atoms with van der Waals surface area (Å²) in [5.41, 5.74) is 9.46. The van der Waals surface area contributed by atoms with Gasteiger partial charge in [-0.1, -0.05) is 6.07 Å². The van der Waals surface area contributed by atoms with Gasteiger partial charge < -0.3 is 25.8 Å². The predicted octanol–water partition coefficient (Wildman–Crippen LogP) is 4.52. The van der Waals surface area contributed by atoms with Gasteiger partial charge in [-0.25, -0.2) is 0 Å². The van der Waals surface area contributed by atoms with Crippen LogP contribution in [0.4, 0.5) is 17.1 Å². The molecule has 1 aromatic heterocycles. The predicted molar refractivity (Wildman–Crippen MR) is 135 cm³/mol. The molecular formula is C27H35N5. The van der Waals surface area contributed by atoms with Crippen LogP contribution in [0, 0.1) is 5.92 Å². The monoisotopic (exact) mass is 429 g/mol. The molecule has 3 heterocycles. The number of rotatable bonds is 4. The van der Waals surface area contributed by atoms with Crippen LogP contribution in [-0.2, 0) is 12.8 Å². The lowest BCUT2D eigenvalue weighted by Crippen LogP contribution is -2.32. The van der Waals surface area contributed by atoms with Crippen molar-refractivity contribution in [3.63, 3.8) is 0 Å². The highest BCUT2D eigenvalue weighted by Gasteiger charge is 2.33. The first-order chi connectivity index (χ1) is 15.7. The fraction of sp³-hybridized carbons (Fsp3) is 0.481. The van der Waals surface area contributed by atoms with Crippen LogP contribution in [-0.4, -0.2) is 44.8 Å². The van der Waals surface area contributed by atoms with Crippen molar-refractivity contribution < 1.29 is 0 Å². The molecule has 32 heavy (non-hydrogen) atoms. The third kappa shape index (κ3) is 3.48. The lowest BCUT2D eigenvalue weighted by atomic mass is 9.81. The lowest BCUT2D eigenvalue weighted by Gasteiger charge is -2.28. The van der Waals surface area contributed by atoms with Crippen molar-refractivity contribution in [1.29, 1.82) is 0 Å². The normalized spacial score (nSPS) is 23.4. The first kappa shape index (κ1) is 20.1. The Morgan fingerprint density at radius 2 is 1.81 bits per heavy atom. The number of nitrogens with zero attached hydrogens (tertiary/aromatic N) is 1. The van der Waals surface area contributed by atoms with Crippen molar-refractivity contribution in [3.8, 4) is 0 Å². The van der Waals surface area contributed by atoms with Crippen LogP contribution in [0.2, 0.25) is 0 Å². The van der Waals surface area contributed by atoms with Crippen molar-refractivity contribution in [2.45, 2.75) is 44.1 Å². The third-order valence-corrected chi connectivity index (χ3v) is 8.15. The second-order valence-electron chi connectivity index (χ2n) is 10.0. The molecule has 1 fully saturated rings.